The van der Waals surface area contributed by atoms with Gasteiger partial charge in [0.25, 0.3) is 5.91 Å². The van der Waals surface area contributed by atoms with Gasteiger partial charge in [-0.2, -0.15) is 0 Å². The predicted octanol–water partition coefficient (Wildman–Crippen LogP) is 5.20. The number of thioether (sulfide) groups is 1. The zero-order valence-electron chi connectivity index (χ0n) is 17.8. The predicted molar refractivity (Wildman–Crippen MR) is 128 cm³/mol. The van der Waals surface area contributed by atoms with E-state index in [1.807, 2.05) is 69.3 Å². The lowest BCUT2D eigenvalue weighted by molar-refractivity contribution is 0.0951. The molecule has 2 aromatic carbocycles. The molecule has 0 spiro atoms. The number of carbonyl (C=O) groups is 2. The minimum atomic E-state index is -0.237. The highest BCUT2D eigenvalue weighted by atomic mass is 32.2. The van der Waals surface area contributed by atoms with Crippen LogP contribution < -0.4 is 16.0 Å². The molecule has 0 unspecified atom stereocenters. The number of nitrogens with one attached hydrogen (secondary N) is 3. The summed E-state index contributed by atoms with van der Waals surface area (Å²) in [6.07, 6.45) is 0. The van der Waals surface area contributed by atoms with E-state index in [0.717, 1.165) is 26.9 Å². The van der Waals surface area contributed by atoms with Gasteiger partial charge in [-0.05, 0) is 62.7 Å². The van der Waals surface area contributed by atoms with E-state index in [9.17, 15) is 9.59 Å². The van der Waals surface area contributed by atoms with Crippen molar-refractivity contribution in [2.75, 3.05) is 5.32 Å². The van der Waals surface area contributed by atoms with Gasteiger partial charge in [0.15, 0.2) is 0 Å². The summed E-state index contributed by atoms with van der Waals surface area (Å²) in [5.74, 6) is 0.699. The molecule has 1 heterocycles. The monoisotopic (exact) mass is 454 g/mol. The molecule has 0 saturated carbocycles. The average Bonchev–Trinajstić information content (AvgIpc) is 3.16. The first-order chi connectivity index (χ1) is 14.9. The summed E-state index contributed by atoms with van der Waals surface area (Å²) in [6, 6.07) is 14.8. The first-order valence-electron chi connectivity index (χ1n) is 9.97. The number of hydrogen-bond donors (Lipinski definition) is 3. The zero-order valence-corrected chi connectivity index (χ0v) is 19.4. The van der Waals surface area contributed by atoms with Crippen LogP contribution in [0.1, 0.15) is 40.5 Å². The van der Waals surface area contributed by atoms with Crippen LogP contribution in [-0.4, -0.2) is 23.0 Å². The Bertz CT molecular complexity index is 1010. The maximum atomic E-state index is 12.4. The molecule has 162 valence electrons. The molecule has 8 heteroatoms. The second-order valence-corrected chi connectivity index (χ2v) is 9.41. The van der Waals surface area contributed by atoms with Crippen LogP contribution in [0.3, 0.4) is 0 Å². The maximum Gasteiger partial charge on any atom is 0.319 e. The van der Waals surface area contributed by atoms with Gasteiger partial charge in [0.2, 0.25) is 0 Å². The number of thiazole rings is 1. The van der Waals surface area contributed by atoms with Crippen LogP contribution in [0.5, 0.6) is 0 Å². The Kier molecular flexibility index (Phi) is 8.08. The third-order valence-corrected chi connectivity index (χ3v) is 6.12. The highest BCUT2D eigenvalue weighted by Gasteiger charge is 2.07. The Morgan fingerprint density at radius 1 is 1.06 bits per heavy atom. The molecule has 0 saturated heterocycles. The van der Waals surface area contributed by atoms with E-state index in [-0.39, 0.29) is 18.0 Å². The molecule has 0 fully saturated rings. The summed E-state index contributed by atoms with van der Waals surface area (Å²) in [5, 5.41) is 11.6. The van der Waals surface area contributed by atoms with Crippen molar-refractivity contribution >= 4 is 40.7 Å². The lowest BCUT2D eigenvalue weighted by atomic mass is 10.2. The van der Waals surface area contributed by atoms with Gasteiger partial charge in [-0.15, -0.1) is 23.1 Å². The Hall–Kier alpha value is -2.84. The molecule has 3 aromatic rings. The second kappa shape index (κ2) is 11.0. The fourth-order valence-corrected chi connectivity index (χ4v) is 4.26. The summed E-state index contributed by atoms with van der Waals surface area (Å²) in [7, 11) is 0. The van der Waals surface area contributed by atoms with Crippen LogP contribution in [0.4, 0.5) is 10.5 Å². The molecule has 3 rings (SSSR count). The smallest absolute Gasteiger partial charge is 0.319 e. The molecule has 0 atom stereocenters. The number of urea groups is 1. The van der Waals surface area contributed by atoms with Crippen LogP contribution in [0.25, 0.3) is 0 Å². The van der Waals surface area contributed by atoms with E-state index < -0.39 is 0 Å². The number of amides is 3. The second-order valence-electron chi connectivity index (χ2n) is 7.30. The summed E-state index contributed by atoms with van der Waals surface area (Å²) < 4.78 is 0. The van der Waals surface area contributed by atoms with Crippen molar-refractivity contribution in [3.05, 3.63) is 75.7 Å². The standard InChI is InChI=1S/C23H26N4O2S2/c1-15(2)25-23(29)27-19-8-4-17(5-9-19)12-24-22(28)18-6-10-21(11-7-18)31-14-20-13-30-16(3)26-20/h4-11,13,15H,12,14H2,1-3H3,(H,24,28)(H2,25,27,29). The molecule has 6 nitrogen and oxygen atoms in total. The largest absolute Gasteiger partial charge is 0.348 e. The summed E-state index contributed by atoms with van der Waals surface area (Å²) in [4.78, 5) is 29.7. The van der Waals surface area contributed by atoms with Crippen molar-refractivity contribution in [3.8, 4) is 0 Å². The van der Waals surface area contributed by atoms with Crippen LogP contribution in [0, 0.1) is 6.92 Å². The zero-order chi connectivity index (χ0) is 22.2. The lowest BCUT2D eigenvalue weighted by Gasteiger charge is -2.11. The minimum absolute atomic E-state index is 0.0735. The molecule has 3 N–H and O–H groups in total. The summed E-state index contributed by atoms with van der Waals surface area (Å²) in [5.41, 5.74) is 3.36. The van der Waals surface area contributed by atoms with Crippen molar-refractivity contribution < 1.29 is 9.59 Å². The molecule has 0 aliphatic heterocycles. The van der Waals surface area contributed by atoms with Crippen molar-refractivity contribution in [2.24, 2.45) is 0 Å². The molecule has 3 amide bonds. The van der Waals surface area contributed by atoms with Gasteiger partial charge >= 0.3 is 6.03 Å². The highest BCUT2D eigenvalue weighted by molar-refractivity contribution is 7.98. The maximum absolute atomic E-state index is 12.4. The first kappa shape index (κ1) is 22.8. The van der Waals surface area contributed by atoms with Crippen molar-refractivity contribution in [1.29, 1.82) is 0 Å². The number of aromatic nitrogens is 1. The van der Waals surface area contributed by atoms with E-state index in [4.69, 9.17) is 0 Å². The average molecular weight is 455 g/mol. The summed E-state index contributed by atoms with van der Waals surface area (Å²) >= 11 is 3.36. The van der Waals surface area contributed by atoms with Crippen LogP contribution >= 0.6 is 23.1 Å². The van der Waals surface area contributed by atoms with E-state index in [0.29, 0.717) is 17.8 Å². The Balaban J connectivity index is 1.46. The van der Waals surface area contributed by atoms with Gasteiger partial charge in [0.05, 0.1) is 10.7 Å². The number of nitrogens with zero attached hydrogens (tertiary/aromatic N) is 1. The topological polar surface area (TPSA) is 83.1 Å². The lowest BCUT2D eigenvalue weighted by Crippen LogP contribution is -2.34. The van der Waals surface area contributed by atoms with Crippen LogP contribution in [-0.2, 0) is 12.3 Å². The Morgan fingerprint density at radius 3 is 2.39 bits per heavy atom. The van der Waals surface area contributed by atoms with Gasteiger partial charge in [0, 0.05) is 39.9 Å². The van der Waals surface area contributed by atoms with Crippen molar-refractivity contribution in [1.82, 2.24) is 15.6 Å². The molecule has 31 heavy (non-hydrogen) atoms. The van der Waals surface area contributed by atoms with Crippen LogP contribution in [0.2, 0.25) is 0 Å². The van der Waals surface area contributed by atoms with Crippen molar-refractivity contribution in [2.45, 2.75) is 44.0 Å². The van der Waals surface area contributed by atoms with E-state index in [1.165, 1.54) is 0 Å². The van der Waals surface area contributed by atoms with Gasteiger partial charge in [-0.1, -0.05) is 12.1 Å². The van der Waals surface area contributed by atoms with E-state index in [2.05, 4.69) is 26.3 Å². The number of rotatable bonds is 8. The van der Waals surface area contributed by atoms with Crippen molar-refractivity contribution in [3.63, 3.8) is 0 Å². The molecular weight excluding hydrogens is 428 g/mol. The Labute approximate surface area is 190 Å². The quantitative estimate of drug-likeness (QED) is 0.408. The Morgan fingerprint density at radius 2 is 1.77 bits per heavy atom. The highest BCUT2D eigenvalue weighted by Crippen LogP contribution is 2.24. The third-order valence-electron chi connectivity index (χ3n) is 4.25. The van der Waals surface area contributed by atoms with E-state index >= 15 is 0 Å². The molecule has 0 radical (unpaired) electrons. The number of hydrogen-bond acceptors (Lipinski definition) is 5. The number of anilines is 1. The normalized spacial score (nSPS) is 10.7. The van der Waals surface area contributed by atoms with Gasteiger partial charge < -0.3 is 16.0 Å². The molecule has 0 bridgehead atoms. The van der Waals surface area contributed by atoms with Gasteiger partial charge in [-0.3, -0.25) is 4.79 Å². The van der Waals surface area contributed by atoms with E-state index in [1.54, 1.807) is 23.1 Å². The number of benzene rings is 2. The third kappa shape index (κ3) is 7.41. The fourth-order valence-electron chi connectivity index (χ4n) is 2.75. The molecule has 1 aromatic heterocycles. The van der Waals surface area contributed by atoms with Gasteiger partial charge in [0.1, 0.15) is 0 Å². The number of carbonyl (C=O) groups excluding carboxylic acids is 2. The molecular formula is C23H26N4O2S2. The molecule has 0 aliphatic rings. The fraction of sp³-hybridized carbons (Fsp3) is 0.261. The molecule has 0 aliphatic carbocycles. The summed E-state index contributed by atoms with van der Waals surface area (Å²) in [6.45, 7) is 6.23. The number of aryl methyl sites for hydroxylation is 1. The van der Waals surface area contributed by atoms with Gasteiger partial charge in [-0.25, -0.2) is 9.78 Å². The first-order valence-corrected chi connectivity index (χ1v) is 11.8. The SMILES string of the molecule is Cc1nc(CSc2ccc(C(=O)NCc3ccc(NC(=O)NC(C)C)cc3)cc2)cs1. The minimum Gasteiger partial charge on any atom is -0.348 e. The van der Waals surface area contributed by atoms with Crippen LogP contribution in [0.15, 0.2) is 58.8 Å².